The van der Waals surface area contributed by atoms with Crippen LogP contribution < -0.4 is 11.2 Å². The van der Waals surface area contributed by atoms with E-state index in [0.717, 1.165) is 16.8 Å². The van der Waals surface area contributed by atoms with Crippen molar-refractivity contribution in [2.24, 2.45) is 5.11 Å². The van der Waals surface area contributed by atoms with Crippen molar-refractivity contribution >= 4 is 22.6 Å². The SMILES string of the molecule is [N-]=[N+]=N[C@]1(CI)O[C@@H](n2ccc(=O)[nH]c2=O)C(O)[C@@H]1F. The van der Waals surface area contributed by atoms with Gasteiger partial charge in [0.15, 0.2) is 18.1 Å². The Balaban J connectivity index is 2.47. The smallest absolute Gasteiger partial charge is 0.330 e. The molecule has 11 heteroatoms. The van der Waals surface area contributed by atoms with Crippen LogP contribution in [0.1, 0.15) is 6.23 Å². The molecule has 0 aliphatic carbocycles. The molecule has 20 heavy (non-hydrogen) atoms. The maximum absolute atomic E-state index is 14.1. The summed E-state index contributed by atoms with van der Waals surface area (Å²) in [6.07, 6.45) is -4.03. The fourth-order valence-corrected chi connectivity index (χ4v) is 2.64. The molecule has 2 rings (SSSR count). The van der Waals surface area contributed by atoms with Crippen LogP contribution in [0.4, 0.5) is 4.39 Å². The third-order valence-electron chi connectivity index (χ3n) is 2.88. The van der Waals surface area contributed by atoms with Gasteiger partial charge < -0.3 is 9.84 Å². The summed E-state index contributed by atoms with van der Waals surface area (Å²) in [6, 6.07) is 1.03. The first-order chi connectivity index (χ1) is 9.45. The highest BCUT2D eigenvalue weighted by molar-refractivity contribution is 14.1. The second-order valence-electron chi connectivity index (χ2n) is 4.09. The van der Waals surface area contributed by atoms with Crippen molar-refractivity contribution < 1.29 is 14.2 Å². The van der Waals surface area contributed by atoms with Crippen LogP contribution in [0.2, 0.25) is 0 Å². The van der Waals surface area contributed by atoms with Crippen molar-refractivity contribution in [3.05, 3.63) is 43.5 Å². The van der Waals surface area contributed by atoms with Crippen molar-refractivity contribution in [2.45, 2.75) is 24.2 Å². The van der Waals surface area contributed by atoms with Gasteiger partial charge in [0.1, 0.15) is 6.10 Å². The summed E-state index contributed by atoms with van der Waals surface area (Å²) in [5.74, 6) is 0. The van der Waals surface area contributed by atoms with E-state index in [2.05, 4.69) is 10.0 Å². The highest BCUT2D eigenvalue weighted by atomic mass is 127. The van der Waals surface area contributed by atoms with E-state index in [4.69, 9.17) is 10.3 Å². The molecule has 1 aromatic heterocycles. The van der Waals surface area contributed by atoms with Gasteiger partial charge in [-0.05, 0) is 5.53 Å². The van der Waals surface area contributed by atoms with Gasteiger partial charge in [-0.15, -0.1) is 0 Å². The Morgan fingerprint density at radius 1 is 1.70 bits per heavy atom. The molecular formula is C9H9FIN5O4. The van der Waals surface area contributed by atoms with Gasteiger partial charge in [0, 0.05) is 21.6 Å². The molecule has 0 bridgehead atoms. The van der Waals surface area contributed by atoms with Crippen LogP contribution in [0.25, 0.3) is 10.4 Å². The minimum Gasteiger partial charge on any atom is -0.385 e. The largest absolute Gasteiger partial charge is 0.385 e. The Morgan fingerprint density at radius 2 is 2.40 bits per heavy atom. The first-order valence-electron chi connectivity index (χ1n) is 5.39. The fourth-order valence-electron chi connectivity index (χ4n) is 1.89. The highest BCUT2D eigenvalue weighted by Crippen LogP contribution is 2.40. The lowest BCUT2D eigenvalue weighted by atomic mass is 10.1. The van der Waals surface area contributed by atoms with Crippen LogP contribution in [0.5, 0.6) is 0 Å². The Morgan fingerprint density at radius 3 is 2.95 bits per heavy atom. The standard InChI is InChI=1S/C9H9FIN5O4/c10-6-5(18)7(20-9(6,3-11)14-15-12)16-2-1-4(17)13-8(16)19/h1-2,5-7,18H,3H2,(H,13,17,19)/t5?,6-,7+,9+/m0/s1. The maximum atomic E-state index is 14.1. The van der Waals surface area contributed by atoms with Gasteiger partial charge in [-0.2, -0.15) is 0 Å². The molecule has 1 aromatic rings. The number of azide groups is 1. The van der Waals surface area contributed by atoms with Crippen LogP contribution in [0.3, 0.4) is 0 Å². The van der Waals surface area contributed by atoms with Gasteiger partial charge in [0.2, 0.25) is 0 Å². The Labute approximate surface area is 124 Å². The number of H-pyrrole nitrogens is 1. The van der Waals surface area contributed by atoms with Crippen molar-refractivity contribution in [3.63, 3.8) is 0 Å². The molecule has 9 nitrogen and oxygen atoms in total. The lowest BCUT2D eigenvalue weighted by Gasteiger charge is -2.22. The summed E-state index contributed by atoms with van der Waals surface area (Å²) in [5.41, 5.74) is 5.10. The molecule has 0 amide bonds. The first kappa shape index (κ1) is 15.0. The lowest BCUT2D eigenvalue weighted by molar-refractivity contribution is -0.0797. The van der Waals surface area contributed by atoms with Gasteiger partial charge >= 0.3 is 5.69 Å². The van der Waals surface area contributed by atoms with Crippen molar-refractivity contribution in [1.82, 2.24) is 9.55 Å². The minimum atomic E-state index is -2.00. The molecule has 108 valence electrons. The second kappa shape index (κ2) is 5.52. The third kappa shape index (κ3) is 2.32. The van der Waals surface area contributed by atoms with E-state index in [1.54, 1.807) is 22.6 Å². The average molecular weight is 397 g/mol. The number of hydrogen-bond acceptors (Lipinski definition) is 5. The van der Waals surface area contributed by atoms with Gasteiger partial charge in [0.25, 0.3) is 5.56 Å². The van der Waals surface area contributed by atoms with E-state index in [-0.39, 0.29) is 4.43 Å². The molecule has 2 N–H and O–H groups in total. The molecule has 1 saturated heterocycles. The number of hydrogen-bond donors (Lipinski definition) is 2. The van der Waals surface area contributed by atoms with Crippen molar-refractivity contribution in [1.29, 1.82) is 0 Å². The maximum Gasteiger partial charge on any atom is 0.330 e. The molecular weight excluding hydrogens is 388 g/mol. The van der Waals surface area contributed by atoms with E-state index >= 15 is 0 Å². The minimum absolute atomic E-state index is 0.0539. The number of aromatic nitrogens is 2. The van der Waals surface area contributed by atoms with Gasteiger partial charge in [-0.25, -0.2) is 9.18 Å². The second-order valence-corrected chi connectivity index (χ2v) is 4.85. The molecule has 0 saturated carbocycles. The zero-order valence-electron chi connectivity index (χ0n) is 9.81. The van der Waals surface area contributed by atoms with Gasteiger partial charge in [0.05, 0.1) is 0 Å². The molecule has 2 heterocycles. The van der Waals surface area contributed by atoms with E-state index < -0.39 is 35.5 Å². The Kier molecular flexibility index (Phi) is 4.13. The van der Waals surface area contributed by atoms with E-state index in [9.17, 15) is 19.1 Å². The van der Waals surface area contributed by atoms with Crippen LogP contribution in [0, 0.1) is 0 Å². The van der Waals surface area contributed by atoms with E-state index in [1.165, 1.54) is 0 Å². The summed E-state index contributed by atoms with van der Waals surface area (Å²) in [6.45, 7) is 0. The lowest BCUT2D eigenvalue weighted by Crippen LogP contribution is -2.39. The quantitative estimate of drug-likeness (QED) is 0.248. The summed E-state index contributed by atoms with van der Waals surface area (Å²) in [4.78, 5) is 27.1. The summed E-state index contributed by atoms with van der Waals surface area (Å²) in [5, 5.41) is 13.1. The first-order valence-corrected chi connectivity index (χ1v) is 6.91. The number of halogens is 2. The number of nitrogens with one attached hydrogen (secondary N) is 1. The molecule has 1 unspecified atom stereocenters. The summed E-state index contributed by atoms with van der Waals surface area (Å²) in [7, 11) is 0. The zero-order chi connectivity index (χ0) is 14.9. The molecule has 1 fully saturated rings. The zero-order valence-corrected chi connectivity index (χ0v) is 12.0. The summed E-state index contributed by atoms with van der Waals surface area (Å²) < 4.78 is 20.2. The highest BCUT2D eigenvalue weighted by Gasteiger charge is 2.55. The van der Waals surface area contributed by atoms with Crippen LogP contribution in [-0.2, 0) is 4.74 Å². The predicted octanol–water partition coefficient (Wildman–Crippen LogP) is 0.206. The molecule has 1 aliphatic rings. The number of aliphatic hydroxyl groups excluding tert-OH is 1. The van der Waals surface area contributed by atoms with Crippen molar-refractivity contribution in [3.8, 4) is 0 Å². The monoisotopic (exact) mass is 397 g/mol. The number of alkyl halides is 2. The number of ether oxygens (including phenoxy) is 1. The molecule has 0 aromatic carbocycles. The molecule has 1 aliphatic heterocycles. The summed E-state index contributed by atoms with van der Waals surface area (Å²) >= 11 is 1.75. The molecule has 0 radical (unpaired) electrons. The number of aliphatic hydroxyl groups is 1. The van der Waals surface area contributed by atoms with Crippen LogP contribution in [-0.4, -0.2) is 37.1 Å². The third-order valence-corrected chi connectivity index (χ3v) is 3.97. The van der Waals surface area contributed by atoms with Crippen molar-refractivity contribution in [2.75, 3.05) is 4.43 Å². The molecule has 0 spiro atoms. The number of aromatic amines is 1. The number of nitrogens with zero attached hydrogens (tertiary/aromatic N) is 4. The van der Waals surface area contributed by atoms with Gasteiger partial charge in [-0.3, -0.25) is 14.3 Å². The van der Waals surface area contributed by atoms with Gasteiger partial charge in [-0.1, -0.05) is 27.7 Å². The van der Waals surface area contributed by atoms with E-state index in [1.807, 2.05) is 4.98 Å². The van der Waals surface area contributed by atoms with Crippen LogP contribution in [0.15, 0.2) is 27.0 Å². The topological polar surface area (TPSA) is 133 Å². The Hall–Kier alpha value is -1.43. The predicted molar refractivity (Wildman–Crippen MR) is 73.1 cm³/mol. The fraction of sp³-hybridized carbons (Fsp3) is 0.556. The molecule has 4 atom stereocenters. The normalized spacial score (nSPS) is 32.9. The van der Waals surface area contributed by atoms with Crippen LogP contribution >= 0.6 is 22.6 Å². The Bertz CT molecular complexity index is 671. The average Bonchev–Trinajstić information content (AvgIpc) is 2.65. The van der Waals surface area contributed by atoms with E-state index in [0.29, 0.717) is 0 Å². The number of rotatable bonds is 3.